The maximum atomic E-state index is 10.6. The number of hydrogen-bond acceptors (Lipinski definition) is 3. The van der Waals surface area contributed by atoms with Gasteiger partial charge in [0.15, 0.2) is 0 Å². The van der Waals surface area contributed by atoms with Crippen LogP contribution in [0, 0.1) is 0 Å². The Morgan fingerprint density at radius 3 is 2.73 bits per heavy atom. The lowest BCUT2D eigenvalue weighted by atomic mass is 10.0. The summed E-state index contributed by atoms with van der Waals surface area (Å²) in [5.41, 5.74) is 5.64. The standard InChI is InChI=1S/C6H13N2O2P/c7-4-1-2-5(6(9)10)8(11)3-4/h4-5H,1-3,7,11H2,(H,9,10). The van der Waals surface area contributed by atoms with Gasteiger partial charge in [-0.2, -0.15) is 0 Å². The van der Waals surface area contributed by atoms with E-state index < -0.39 is 5.97 Å². The van der Waals surface area contributed by atoms with Crippen LogP contribution in [0.3, 0.4) is 0 Å². The molecule has 0 aromatic heterocycles. The summed E-state index contributed by atoms with van der Waals surface area (Å²) in [4.78, 5) is 10.6. The quantitative estimate of drug-likeness (QED) is 0.536. The lowest BCUT2D eigenvalue weighted by Gasteiger charge is -2.32. The van der Waals surface area contributed by atoms with E-state index in [1.165, 1.54) is 0 Å². The molecule has 4 nitrogen and oxygen atoms in total. The lowest BCUT2D eigenvalue weighted by molar-refractivity contribution is -0.142. The number of rotatable bonds is 1. The first-order chi connectivity index (χ1) is 5.11. The molecule has 0 aromatic rings. The number of nitrogens with zero attached hydrogens (tertiary/aromatic N) is 1. The summed E-state index contributed by atoms with van der Waals surface area (Å²) in [7, 11) is 2.41. The van der Waals surface area contributed by atoms with Gasteiger partial charge in [0.25, 0.3) is 0 Å². The zero-order valence-corrected chi connectivity index (χ0v) is 7.39. The maximum absolute atomic E-state index is 10.6. The molecule has 1 fully saturated rings. The van der Waals surface area contributed by atoms with E-state index >= 15 is 0 Å². The zero-order valence-electron chi connectivity index (χ0n) is 6.23. The Kier molecular flexibility index (Phi) is 2.82. The molecule has 1 aliphatic heterocycles. The summed E-state index contributed by atoms with van der Waals surface area (Å²) in [6.45, 7) is 0.654. The van der Waals surface area contributed by atoms with Crippen molar-refractivity contribution in [2.75, 3.05) is 6.54 Å². The Labute approximate surface area is 68.0 Å². The highest BCUT2D eigenvalue weighted by Crippen LogP contribution is 2.19. The van der Waals surface area contributed by atoms with Crippen molar-refractivity contribution >= 4 is 15.4 Å². The second-order valence-electron chi connectivity index (χ2n) is 2.89. The van der Waals surface area contributed by atoms with Crippen molar-refractivity contribution < 1.29 is 9.90 Å². The smallest absolute Gasteiger partial charge is 0.321 e. The van der Waals surface area contributed by atoms with Crippen LogP contribution in [0.1, 0.15) is 12.8 Å². The number of hydrogen-bond donors (Lipinski definition) is 2. The molecule has 5 heteroatoms. The number of carboxylic acids is 1. The van der Waals surface area contributed by atoms with Crippen molar-refractivity contribution in [3.05, 3.63) is 0 Å². The number of carbonyl (C=O) groups is 1. The van der Waals surface area contributed by atoms with E-state index in [0.29, 0.717) is 13.0 Å². The fourth-order valence-corrected chi connectivity index (χ4v) is 1.84. The number of carboxylic acid groups (broad SMARTS) is 1. The average Bonchev–Trinajstić information content (AvgIpc) is 1.85. The van der Waals surface area contributed by atoms with Crippen LogP contribution in [0.2, 0.25) is 0 Å². The minimum absolute atomic E-state index is 0.128. The highest BCUT2D eigenvalue weighted by Gasteiger charge is 2.28. The molecule has 3 N–H and O–H groups in total. The molecular formula is C6H13N2O2P. The third-order valence-corrected chi connectivity index (χ3v) is 2.51. The first-order valence-corrected chi connectivity index (χ1v) is 4.12. The third-order valence-electron chi connectivity index (χ3n) is 1.94. The second-order valence-corrected chi connectivity index (χ2v) is 3.55. The van der Waals surface area contributed by atoms with Crippen molar-refractivity contribution in [2.24, 2.45) is 5.73 Å². The normalized spacial score (nSPS) is 33.6. The van der Waals surface area contributed by atoms with Gasteiger partial charge in [-0.1, -0.05) is 9.39 Å². The van der Waals surface area contributed by atoms with Crippen molar-refractivity contribution in [3.63, 3.8) is 0 Å². The molecule has 1 aliphatic rings. The molecule has 1 heterocycles. The first-order valence-electron chi connectivity index (χ1n) is 3.61. The van der Waals surface area contributed by atoms with E-state index in [9.17, 15) is 4.79 Å². The fraction of sp³-hybridized carbons (Fsp3) is 0.833. The summed E-state index contributed by atoms with van der Waals surface area (Å²) in [5.74, 6) is -0.757. The van der Waals surface area contributed by atoms with E-state index in [2.05, 4.69) is 9.39 Å². The molecular weight excluding hydrogens is 163 g/mol. The summed E-state index contributed by atoms with van der Waals surface area (Å²) >= 11 is 0. The largest absolute Gasteiger partial charge is 0.480 e. The predicted octanol–water partition coefficient (Wildman–Crippen LogP) is -0.347. The van der Waals surface area contributed by atoms with Crippen LogP contribution < -0.4 is 5.73 Å². The summed E-state index contributed by atoms with van der Waals surface area (Å²) in [6, 6.07) is -0.233. The fourth-order valence-electron chi connectivity index (χ4n) is 1.29. The molecule has 3 atom stereocenters. The Bertz CT molecular complexity index is 165. The highest BCUT2D eigenvalue weighted by atomic mass is 31.0. The minimum Gasteiger partial charge on any atom is -0.480 e. The van der Waals surface area contributed by atoms with Gasteiger partial charge in [-0.05, 0) is 12.8 Å². The summed E-state index contributed by atoms with van der Waals surface area (Å²) in [6.07, 6.45) is 1.46. The summed E-state index contributed by atoms with van der Waals surface area (Å²) in [5, 5.41) is 8.70. The van der Waals surface area contributed by atoms with Crippen molar-refractivity contribution in [3.8, 4) is 0 Å². The molecule has 0 amide bonds. The molecule has 3 unspecified atom stereocenters. The lowest BCUT2D eigenvalue weighted by Crippen LogP contribution is -2.46. The summed E-state index contributed by atoms with van der Waals surface area (Å²) < 4.78 is 1.72. The minimum atomic E-state index is -0.757. The third kappa shape index (κ3) is 2.12. The van der Waals surface area contributed by atoms with E-state index in [4.69, 9.17) is 10.8 Å². The SMILES string of the molecule is NC1CCC(C(=O)O)N(P)C1. The Balaban J connectivity index is 2.50. The Hall–Kier alpha value is -0.180. The predicted molar refractivity (Wildman–Crippen MR) is 45.0 cm³/mol. The maximum Gasteiger partial charge on any atom is 0.321 e. The number of piperidine rings is 1. The van der Waals surface area contributed by atoms with Gasteiger partial charge in [-0.25, -0.2) is 0 Å². The van der Waals surface area contributed by atoms with E-state index in [-0.39, 0.29) is 12.1 Å². The van der Waals surface area contributed by atoms with E-state index in [1.54, 1.807) is 4.67 Å². The van der Waals surface area contributed by atoms with Crippen molar-refractivity contribution in [2.45, 2.75) is 24.9 Å². The van der Waals surface area contributed by atoms with Gasteiger partial charge in [-0.15, -0.1) is 0 Å². The monoisotopic (exact) mass is 176 g/mol. The van der Waals surface area contributed by atoms with Crippen LogP contribution >= 0.6 is 9.39 Å². The van der Waals surface area contributed by atoms with E-state index in [1.807, 2.05) is 0 Å². The first kappa shape index (κ1) is 8.91. The molecule has 1 saturated heterocycles. The molecule has 0 radical (unpaired) electrons. The van der Waals surface area contributed by atoms with Crippen molar-refractivity contribution in [1.82, 2.24) is 4.67 Å². The van der Waals surface area contributed by atoms with Gasteiger partial charge in [0.05, 0.1) is 0 Å². The number of aliphatic carboxylic acids is 1. The van der Waals surface area contributed by atoms with Crippen LogP contribution in [0.5, 0.6) is 0 Å². The van der Waals surface area contributed by atoms with Gasteiger partial charge in [0.1, 0.15) is 6.04 Å². The van der Waals surface area contributed by atoms with Gasteiger partial charge in [0.2, 0.25) is 0 Å². The van der Waals surface area contributed by atoms with Crippen molar-refractivity contribution in [1.29, 1.82) is 0 Å². The molecule has 64 valence electrons. The molecule has 1 rings (SSSR count). The molecule has 0 saturated carbocycles. The van der Waals surface area contributed by atoms with Gasteiger partial charge in [0, 0.05) is 12.6 Å². The molecule has 0 spiro atoms. The molecule has 0 aliphatic carbocycles. The highest BCUT2D eigenvalue weighted by molar-refractivity contribution is 7.13. The van der Waals surface area contributed by atoms with Crippen LogP contribution in [-0.2, 0) is 4.79 Å². The zero-order chi connectivity index (χ0) is 8.43. The molecule has 0 bridgehead atoms. The van der Waals surface area contributed by atoms with Gasteiger partial charge in [-0.3, -0.25) is 9.46 Å². The number of nitrogens with two attached hydrogens (primary N) is 1. The van der Waals surface area contributed by atoms with Crippen LogP contribution in [-0.4, -0.2) is 34.4 Å². The van der Waals surface area contributed by atoms with Crippen LogP contribution in [0.4, 0.5) is 0 Å². The Morgan fingerprint density at radius 1 is 1.64 bits per heavy atom. The molecule has 11 heavy (non-hydrogen) atoms. The van der Waals surface area contributed by atoms with Crippen LogP contribution in [0.15, 0.2) is 0 Å². The van der Waals surface area contributed by atoms with Gasteiger partial charge < -0.3 is 10.8 Å². The average molecular weight is 176 g/mol. The van der Waals surface area contributed by atoms with E-state index in [0.717, 1.165) is 6.42 Å². The Morgan fingerprint density at radius 2 is 2.27 bits per heavy atom. The topological polar surface area (TPSA) is 66.6 Å². The molecule has 0 aromatic carbocycles. The van der Waals surface area contributed by atoms with Gasteiger partial charge >= 0.3 is 5.97 Å². The van der Waals surface area contributed by atoms with Crippen LogP contribution in [0.25, 0.3) is 0 Å². The second kappa shape index (κ2) is 3.48.